The van der Waals surface area contributed by atoms with Crippen LogP contribution in [0.2, 0.25) is 0 Å². The lowest BCUT2D eigenvalue weighted by molar-refractivity contribution is -0.408. The maximum atomic E-state index is 12.2. The first-order valence-corrected chi connectivity index (χ1v) is 26.3. The Morgan fingerprint density at radius 2 is 1.23 bits per heavy atom. The van der Waals surface area contributed by atoms with Gasteiger partial charge in [0.25, 0.3) is 0 Å². The van der Waals surface area contributed by atoms with E-state index in [2.05, 4.69) is 33.8 Å². The molecule has 71 heavy (non-hydrogen) atoms. The van der Waals surface area contributed by atoms with Gasteiger partial charge in [-0.15, -0.1) is 0 Å². The van der Waals surface area contributed by atoms with Crippen LogP contribution in [0.15, 0.2) is 11.6 Å². The van der Waals surface area contributed by atoms with E-state index in [4.69, 9.17) is 47.4 Å². The van der Waals surface area contributed by atoms with E-state index >= 15 is 0 Å². The molecule has 0 aromatic rings. The van der Waals surface area contributed by atoms with Crippen LogP contribution in [0.25, 0.3) is 0 Å². The zero-order valence-electron chi connectivity index (χ0n) is 41.5. The summed E-state index contributed by atoms with van der Waals surface area (Å²) in [5, 5.41) is 119. The normalized spacial score (nSPS) is 58.4. The third-order valence-electron chi connectivity index (χ3n) is 19.5. The van der Waals surface area contributed by atoms with E-state index in [9.17, 15) is 56.2 Å². The summed E-state index contributed by atoms with van der Waals surface area (Å²) >= 11 is 0. The molecule has 9 fully saturated rings. The molecule has 21 nitrogen and oxygen atoms in total. The molecule has 3 saturated carbocycles. The molecule has 0 aromatic carbocycles. The standard InChI is InChI=1S/C50H80O21/c1-19-9-14-50(62-18-19)20(2)30-28(71-50)16-27-25-8-7-23-15-24(10-12-48(23,5)26(25)11-13-49(27,30)6)65-47-42(69-45-37(58)34(55)32(53)22(4)64-45)39(60)40(29(17-51)66-47)67-46-38(59)35(56)41(43(61)70-46)68-44-36(57)33(54)31(52)21(3)63-44/h7,19-22,24-47,51-61H,8-18H2,1-6H3/t19-,20+,21-,22+,24-,25+,26-,27+,28+,29-,30+,31+,32+,33-,34-,35-,36+,37+,38+,39-,40+,41-,42-,43+,44+,45-,46-,47-,48-,49-,50-/m0/s1. The minimum absolute atomic E-state index is 0.0773. The van der Waals surface area contributed by atoms with Crippen LogP contribution >= 0.6 is 0 Å². The average molecular weight is 1020 g/mol. The Morgan fingerprint density at radius 1 is 0.606 bits per heavy atom. The van der Waals surface area contributed by atoms with E-state index < -0.39 is 142 Å². The van der Waals surface area contributed by atoms with Crippen molar-refractivity contribution in [2.75, 3.05) is 13.2 Å². The first kappa shape index (κ1) is 53.3. The van der Waals surface area contributed by atoms with Crippen molar-refractivity contribution in [2.24, 2.45) is 46.3 Å². The maximum Gasteiger partial charge on any atom is 0.189 e. The van der Waals surface area contributed by atoms with E-state index in [1.54, 1.807) is 0 Å². The molecule has 4 aliphatic carbocycles. The van der Waals surface area contributed by atoms with Gasteiger partial charge in [-0.2, -0.15) is 0 Å². The number of fused-ring (bicyclic) bond motifs is 7. The Morgan fingerprint density at radius 3 is 1.86 bits per heavy atom. The zero-order chi connectivity index (χ0) is 50.8. The summed E-state index contributed by atoms with van der Waals surface area (Å²) in [5.74, 6) is 2.38. The lowest BCUT2D eigenvalue weighted by Gasteiger charge is -2.58. The molecule has 0 amide bonds. The van der Waals surface area contributed by atoms with Crippen LogP contribution in [-0.2, 0) is 47.4 Å². The predicted molar refractivity (Wildman–Crippen MR) is 241 cm³/mol. The fraction of sp³-hybridized carbons (Fsp3) is 0.960. The van der Waals surface area contributed by atoms with Crippen molar-refractivity contribution in [2.45, 2.75) is 240 Å². The number of hydrogen-bond donors (Lipinski definition) is 11. The molecule has 0 aromatic heterocycles. The van der Waals surface area contributed by atoms with Crippen LogP contribution in [-0.4, -0.2) is 210 Å². The summed E-state index contributed by atoms with van der Waals surface area (Å²) in [5.41, 5.74) is 1.38. The second-order valence-electron chi connectivity index (χ2n) is 23.5. The minimum Gasteiger partial charge on any atom is -0.394 e. The summed E-state index contributed by atoms with van der Waals surface area (Å²) in [6, 6.07) is 0. The number of aliphatic hydroxyl groups excluding tert-OH is 11. The minimum atomic E-state index is -2.06. The molecule has 6 saturated heterocycles. The molecular formula is C50H80O21. The van der Waals surface area contributed by atoms with Gasteiger partial charge < -0.3 is 104 Å². The number of allylic oxidation sites excluding steroid dienone is 1. The van der Waals surface area contributed by atoms with Crippen molar-refractivity contribution in [3.63, 3.8) is 0 Å². The molecule has 1 spiro atoms. The first-order valence-electron chi connectivity index (χ1n) is 26.3. The van der Waals surface area contributed by atoms with Gasteiger partial charge in [0.15, 0.2) is 37.2 Å². The summed E-state index contributed by atoms with van der Waals surface area (Å²) in [7, 11) is 0. The van der Waals surface area contributed by atoms with Gasteiger partial charge in [-0.05, 0) is 106 Å². The average Bonchev–Trinajstić information content (AvgIpc) is 3.79. The number of rotatable bonds is 9. The highest BCUT2D eigenvalue weighted by atomic mass is 16.8. The Balaban J connectivity index is 0.836. The van der Waals surface area contributed by atoms with Gasteiger partial charge in [-0.1, -0.05) is 39.3 Å². The van der Waals surface area contributed by atoms with Crippen molar-refractivity contribution >= 4 is 0 Å². The van der Waals surface area contributed by atoms with Crippen molar-refractivity contribution in [3.8, 4) is 0 Å². The van der Waals surface area contributed by atoms with Gasteiger partial charge >= 0.3 is 0 Å². The van der Waals surface area contributed by atoms with Gasteiger partial charge in [-0.25, -0.2) is 0 Å². The molecule has 0 bridgehead atoms. The van der Waals surface area contributed by atoms with Crippen molar-refractivity contribution in [1.29, 1.82) is 0 Å². The Bertz CT molecular complexity index is 1890. The van der Waals surface area contributed by atoms with Crippen molar-refractivity contribution < 1.29 is 104 Å². The van der Waals surface area contributed by atoms with E-state index in [0.29, 0.717) is 48.3 Å². The van der Waals surface area contributed by atoms with E-state index in [1.807, 2.05) is 0 Å². The summed E-state index contributed by atoms with van der Waals surface area (Å²) in [6.07, 6.45) is -22.3. The number of hydrogen-bond acceptors (Lipinski definition) is 21. The third-order valence-corrected chi connectivity index (χ3v) is 19.5. The van der Waals surface area contributed by atoms with E-state index in [-0.39, 0.29) is 16.9 Å². The summed E-state index contributed by atoms with van der Waals surface area (Å²) in [4.78, 5) is 0. The highest BCUT2D eigenvalue weighted by Gasteiger charge is 2.69. The van der Waals surface area contributed by atoms with Crippen LogP contribution in [0, 0.1) is 46.3 Å². The highest BCUT2D eigenvalue weighted by molar-refractivity contribution is 5.26. The van der Waals surface area contributed by atoms with Gasteiger partial charge in [0.05, 0.1) is 37.6 Å². The van der Waals surface area contributed by atoms with Crippen LogP contribution in [0.1, 0.15) is 99.3 Å². The molecule has 31 atom stereocenters. The van der Waals surface area contributed by atoms with Crippen LogP contribution in [0.3, 0.4) is 0 Å². The fourth-order valence-electron chi connectivity index (χ4n) is 15.2. The van der Waals surface area contributed by atoms with Gasteiger partial charge in [0, 0.05) is 12.3 Å². The summed E-state index contributed by atoms with van der Waals surface area (Å²) < 4.78 is 61.1. The lowest BCUT2D eigenvalue weighted by atomic mass is 9.47. The van der Waals surface area contributed by atoms with E-state index in [0.717, 1.165) is 51.6 Å². The number of ether oxygens (including phenoxy) is 10. The Hall–Kier alpha value is -1.10. The molecule has 21 heteroatoms. The number of aliphatic hydroxyl groups is 11. The maximum absolute atomic E-state index is 12.2. The second-order valence-corrected chi connectivity index (χ2v) is 23.5. The van der Waals surface area contributed by atoms with Gasteiger partial charge in [0.1, 0.15) is 79.4 Å². The van der Waals surface area contributed by atoms with Gasteiger partial charge in [-0.3, -0.25) is 0 Å². The molecule has 6 aliphatic heterocycles. The fourth-order valence-corrected chi connectivity index (χ4v) is 15.2. The lowest BCUT2D eigenvalue weighted by Crippen LogP contribution is -2.67. The topological polar surface area (TPSA) is 315 Å². The molecule has 0 unspecified atom stereocenters. The van der Waals surface area contributed by atoms with Crippen LogP contribution in [0.5, 0.6) is 0 Å². The molecule has 0 radical (unpaired) electrons. The SMILES string of the molecule is C[C@H]1CC[C@]2(OC1)O[C@@H]1C[C@@H]3[C@@H]4CC=C5C[C@@H](O[C@H]6O[C@@H](CO)[C@@H](O[C@H]7O[C@@H](O)[C@@H](O[C@H]8O[C@@H](C)[C@@H](O)[C@H](O)[C@H]8O)[C@@H](O)[C@H]7O)[C@H](O)[C@@H]6O[C@@H]6O[C@H](C)[C@@H](O)[C@H](O)[C@H]6O)CC[C@]5(C)[C@H]4CC[C@]3(C)[C@@H]1[C@H]2C. The van der Waals surface area contributed by atoms with Gasteiger partial charge in [0.2, 0.25) is 0 Å². The summed E-state index contributed by atoms with van der Waals surface area (Å²) in [6.45, 7) is 12.4. The molecule has 6 heterocycles. The molecule has 10 aliphatic rings. The Kier molecular flexibility index (Phi) is 15.0. The quantitative estimate of drug-likeness (QED) is 0.124. The largest absolute Gasteiger partial charge is 0.394 e. The highest BCUT2D eigenvalue weighted by Crippen LogP contribution is 2.71. The first-order chi connectivity index (χ1) is 33.6. The van der Waals surface area contributed by atoms with E-state index in [1.165, 1.54) is 19.4 Å². The second kappa shape index (κ2) is 20.0. The third kappa shape index (κ3) is 9.02. The Labute approximate surface area is 414 Å². The van der Waals surface area contributed by atoms with Crippen LogP contribution < -0.4 is 0 Å². The van der Waals surface area contributed by atoms with Crippen molar-refractivity contribution in [1.82, 2.24) is 0 Å². The molecule has 10 rings (SSSR count). The van der Waals surface area contributed by atoms with Crippen LogP contribution in [0.4, 0.5) is 0 Å². The molecular weight excluding hydrogens is 937 g/mol. The monoisotopic (exact) mass is 1020 g/mol. The smallest absolute Gasteiger partial charge is 0.189 e. The predicted octanol–water partition coefficient (Wildman–Crippen LogP) is -0.977. The zero-order valence-corrected chi connectivity index (χ0v) is 41.5. The van der Waals surface area contributed by atoms with Crippen molar-refractivity contribution in [3.05, 3.63) is 11.6 Å². The molecule has 406 valence electrons. The molecule has 11 N–H and O–H groups in total.